The van der Waals surface area contributed by atoms with Gasteiger partial charge in [-0.2, -0.15) is 5.10 Å². The van der Waals surface area contributed by atoms with Crippen LogP contribution in [0.15, 0.2) is 12.4 Å². The average molecular weight is 208 g/mol. The maximum absolute atomic E-state index is 11.8. The van der Waals surface area contributed by atoms with E-state index in [-0.39, 0.29) is 11.9 Å². The third-order valence-corrected chi connectivity index (χ3v) is 3.06. The molecule has 2 rings (SSSR count). The van der Waals surface area contributed by atoms with E-state index in [0.29, 0.717) is 0 Å². The first kappa shape index (κ1) is 10.2. The molecule has 1 aromatic rings. The molecule has 5 heteroatoms. The third-order valence-electron chi connectivity index (χ3n) is 3.06. The van der Waals surface area contributed by atoms with Gasteiger partial charge < -0.3 is 11.1 Å². The van der Waals surface area contributed by atoms with Crippen LogP contribution in [0.2, 0.25) is 0 Å². The molecular formula is C10H16N4O. The minimum absolute atomic E-state index is 0.0442. The number of H-pyrrole nitrogens is 1. The van der Waals surface area contributed by atoms with Crippen LogP contribution in [0.4, 0.5) is 0 Å². The largest absolute Gasteiger partial charge is 0.348 e. The van der Waals surface area contributed by atoms with Crippen LogP contribution in [0.1, 0.15) is 37.8 Å². The van der Waals surface area contributed by atoms with Gasteiger partial charge in [0.25, 0.3) is 0 Å². The van der Waals surface area contributed by atoms with E-state index in [1.165, 1.54) is 0 Å². The normalized spacial score (nSPS) is 20.4. The molecule has 0 spiro atoms. The highest BCUT2D eigenvalue weighted by Gasteiger charge is 2.40. The van der Waals surface area contributed by atoms with Crippen molar-refractivity contribution < 1.29 is 4.79 Å². The van der Waals surface area contributed by atoms with Gasteiger partial charge in [0.2, 0.25) is 5.91 Å². The fraction of sp³-hybridized carbons (Fsp3) is 0.600. The second kappa shape index (κ2) is 3.66. The lowest BCUT2D eigenvalue weighted by molar-refractivity contribution is -0.129. The first-order chi connectivity index (χ1) is 7.12. The first-order valence-corrected chi connectivity index (χ1v) is 5.20. The fourth-order valence-corrected chi connectivity index (χ4v) is 1.71. The number of hydrogen-bond donors (Lipinski definition) is 3. The molecule has 0 aliphatic heterocycles. The molecule has 1 aliphatic carbocycles. The van der Waals surface area contributed by atoms with Gasteiger partial charge in [-0.05, 0) is 26.2 Å². The van der Waals surface area contributed by atoms with Gasteiger partial charge in [-0.1, -0.05) is 0 Å². The molecule has 1 unspecified atom stereocenters. The van der Waals surface area contributed by atoms with Gasteiger partial charge >= 0.3 is 0 Å². The van der Waals surface area contributed by atoms with Gasteiger partial charge in [0, 0.05) is 11.8 Å². The fourth-order valence-electron chi connectivity index (χ4n) is 1.71. The van der Waals surface area contributed by atoms with E-state index >= 15 is 0 Å². The topological polar surface area (TPSA) is 83.8 Å². The molecule has 1 aliphatic rings. The number of nitrogens with one attached hydrogen (secondary N) is 2. The molecule has 0 saturated heterocycles. The number of carbonyl (C=O) groups excluding carboxylic acids is 1. The van der Waals surface area contributed by atoms with Crippen LogP contribution in [-0.2, 0) is 4.79 Å². The molecule has 1 amide bonds. The van der Waals surface area contributed by atoms with Gasteiger partial charge in [0.05, 0.1) is 17.8 Å². The molecule has 1 heterocycles. The minimum atomic E-state index is -0.627. The van der Waals surface area contributed by atoms with Crippen molar-refractivity contribution in [3.63, 3.8) is 0 Å². The standard InChI is InChI=1S/C10H16N4O/c1-7(8-5-12-13-6-8)14-9(15)10(11)3-2-4-10/h5-7H,2-4,11H2,1H3,(H,12,13)(H,14,15). The number of nitrogens with zero attached hydrogens (tertiary/aromatic N) is 1. The molecule has 4 N–H and O–H groups in total. The lowest BCUT2D eigenvalue weighted by Gasteiger charge is -2.37. The Morgan fingerprint density at radius 3 is 2.93 bits per heavy atom. The zero-order valence-electron chi connectivity index (χ0n) is 8.79. The van der Waals surface area contributed by atoms with Crippen molar-refractivity contribution in [2.75, 3.05) is 0 Å². The quantitative estimate of drug-likeness (QED) is 0.675. The monoisotopic (exact) mass is 208 g/mol. The van der Waals surface area contributed by atoms with Crippen molar-refractivity contribution in [2.24, 2.45) is 5.73 Å². The second-order valence-electron chi connectivity index (χ2n) is 4.24. The Balaban J connectivity index is 1.94. The van der Waals surface area contributed by atoms with E-state index in [1.54, 1.807) is 12.4 Å². The summed E-state index contributed by atoms with van der Waals surface area (Å²) in [5.74, 6) is -0.0533. The number of amides is 1. The molecular weight excluding hydrogens is 192 g/mol. The van der Waals surface area contributed by atoms with E-state index in [0.717, 1.165) is 24.8 Å². The second-order valence-corrected chi connectivity index (χ2v) is 4.24. The summed E-state index contributed by atoms with van der Waals surface area (Å²) >= 11 is 0. The van der Waals surface area contributed by atoms with Gasteiger partial charge in [0.15, 0.2) is 0 Å². The van der Waals surface area contributed by atoms with Gasteiger partial charge in [0.1, 0.15) is 0 Å². The number of aromatic nitrogens is 2. The molecule has 0 bridgehead atoms. The van der Waals surface area contributed by atoms with E-state index < -0.39 is 5.54 Å². The third kappa shape index (κ3) is 1.87. The van der Waals surface area contributed by atoms with Crippen molar-refractivity contribution in [3.8, 4) is 0 Å². The summed E-state index contributed by atoms with van der Waals surface area (Å²) < 4.78 is 0. The van der Waals surface area contributed by atoms with Crippen molar-refractivity contribution in [1.82, 2.24) is 15.5 Å². The summed E-state index contributed by atoms with van der Waals surface area (Å²) in [5, 5.41) is 9.46. The van der Waals surface area contributed by atoms with Crippen LogP contribution < -0.4 is 11.1 Å². The van der Waals surface area contributed by atoms with Crippen LogP contribution >= 0.6 is 0 Å². The predicted octanol–water partition coefficient (Wildman–Crippen LogP) is 0.468. The van der Waals surface area contributed by atoms with Crippen LogP contribution in [0, 0.1) is 0 Å². The zero-order valence-corrected chi connectivity index (χ0v) is 8.79. The van der Waals surface area contributed by atoms with E-state index in [9.17, 15) is 4.79 Å². The van der Waals surface area contributed by atoms with Crippen molar-refractivity contribution in [2.45, 2.75) is 37.8 Å². The molecule has 0 radical (unpaired) electrons. The average Bonchev–Trinajstić information content (AvgIpc) is 2.66. The highest BCUT2D eigenvalue weighted by Crippen LogP contribution is 2.29. The van der Waals surface area contributed by atoms with Gasteiger partial charge in [-0.3, -0.25) is 9.89 Å². The number of hydrogen-bond acceptors (Lipinski definition) is 3. The maximum atomic E-state index is 11.8. The Kier molecular flexibility index (Phi) is 2.48. The SMILES string of the molecule is CC(NC(=O)C1(N)CCC1)c1cn[nH]c1. The van der Waals surface area contributed by atoms with Gasteiger partial charge in [-0.15, -0.1) is 0 Å². The molecule has 15 heavy (non-hydrogen) atoms. The smallest absolute Gasteiger partial charge is 0.240 e. The van der Waals surface area contributed by atoms with Gasteiger partial charge in [-0.25, -0.2) is 0 Å². The van der Waals surface area contributed by atoms with E-state index in [4.69, 9.17) is 5.73 Å². The number of nitrogens with two attached hydrogens (primary N) is 1. The zero-order chi connectivity index (χ0) is 10.9. The maximum Gasteiger partial charge on any atom is 0.240 e. The van der Waals surface area contributed by atoms with E-state index in [1.807, 2.05) is 6.92 Å². The molecule has 1 fully saturated rings. The van der Waals surface area contributed by atoms with Crippen molar-refractivity contribution >= 4 is 5.91 Å². The summed E-state index contributed by atoms with van der Waals surface area (Å²) in [6.07, 6.45) is 6.10. The Hall–Kier alpha value is -1.36. The first-order valence-electron chi connectivity index (χ1n) is 5.20. The lowest BCUT2D eigenvalue weighted by atomic mass is 9.77. The Morgan fingerprint density at radius 2 is 2.47 bits per heavy atom. The van der Waals surface area contributed by atoms with Crippen molar-refractivity contribution in [3.05, 3.63) is 18.0 Å². The number of aromatic amines is 1. The summed E-state index contributed by atoms with van der Waals surface area (Å²) in [6.45, 7) is 1.92. The molecule has 0 aromatic carbocycles. The number of rotatable bonds is 3. The summed E-state index contributed by atoms with van der Waals surface area (Å²) in [6, 6.07) is -0.0442. The molecule has 1 atom stereocenters. The van der Waals surface area contributed by atoms with Crippen LogP contribution in [0.25, 0.3) is 0 Å². The molecule has 82 valence electrons. The van der Waals surface area contributed by atoms with Crippen LogP contribution in [-0.4, -0.2) is 21.6 Å². The predicted molar refractivity (Wildman–Crippen MR) is 55.9 cm³/mol. The highest BCUT2D eigenvalue weighted by molar-refractivity contribution is 5.87. The van der Waals surface area contributed by atoms with Crippen molar-refractivity contribution in [1.29, 1.82) is 0 Å². The lowest BCUT2D eigenvalue weighted by Crippen LogP contribution is -2.58. The highest BCUT2D eigenvalue weighted by atomic mass is 16.2. The minimum Gasteiger partial charge on any atom is -0.348 e. The summed E-state index contributed by atoms with van der Waals surface area (Å²) in [4.78, 5) is 11.8. The van der Waals surface area contributed by atoms with Crippen LogP contribution in [0.3, 0.4) is 0 Å². The summed E-state index contributed by atoms with van der Waals surface area (Å²) in [5.41, 5.74) is 6.25. The number of carbonyl (C=O) groups is 1. The van der Waals surface area contributed by atoms with E-state index in [2.05, 4.69) is 15.5 Å². The Morgan fingerprint density at radius 1 is 1.73 bits per heavy atom. The Labute approximate surface area is 88.4 Å². The van der Waals surface area contributed by atoms with Crippen LogP contribution in [0.5, 0.6) is 0 Å². The molecule has 5 nitrogen and oxygen atoms in total. The Bertz CT molecular complexity index is 342. The summed E-state index contributed by atoms with van der Waals surface area (Å²) in [7, 11) is 0. The molecule has 1 aromatic heterocycles. The molecule has 1 saturated carbocycles.